The summed E-state index contributed by atoms with van der Waals surface area (Å²) in [7, 11) is 0. The maximum Gasteiger partial charge on any atom is 0.258 e. The highest BCUT2D eigenvalue weighted by Crippen LogP contribution is 2.37. The van der Waals surface area contributed by atoms with E-state index >= 15 is 0 Å². The molecular weight excluding hydrogens is 274 g/mol. The van der Waals surface area contributed by atoms with E-state index in [-0.39, 0.29) is 0 Å². The van der Waals surface area contributed by atoms with E-state index in [2.05, 4.69) is 22.0 Å². The summed E-state index contributed by atoms with van der Waals surface area (Å²) >= 11 is 0. The molecule has 0 unspecified atom stereocenters. The maximum atomic E-state index is 5.42. The van der Waals surface area contributed by atoms with Gasteiger partial charge >= 0.3 is 0 Å². The molecule has 0 atom stereocenters. The number of pyridine rings is 1. The molecule has 1 aliphatic carbocycles. The lowest BCUT2D eigenvalue weighted by Crippen LogP contribution is -2.14. The molecule has 1 saturated carbocycles. The standard InChI is InChI=1S/C18H25N3O/c1-2-3-4-5-14-6-8-15(9-7-14)17-20-18(22-21-17)16-10-12-19-13-11-16/h10-15H,2-9H2,1H3/t14-,15-. The Morgan fingerprint density at radius 3 is 2.59 bits per heavy atom. The SMILES string of the molecule is CCCCC[C@H]1CC[C@H](c2noc(-c3ccncc3)n2)CC1. The largest absolute Gasteiger partial charge is 0.334 e. The molecule has 0 bridgehead atoms. The van der Waals surface area contributed by atoms with E-state index in [0.717, 1.165) is 17.3 Å². The van der Waals surface area contributed by atoms with Crippen LogP contribution in [0.2, 0.25) is 0 Å². The van der Waals surface area contributed by atoms with E-state index in [9.17, 15) is 0 Å². The lowest BCUT2D eigenvalue weighted by atomic mass is 9.79. The highest BCUT2D eigenvalue weighted by atomic mass is 16.5. The van der Waals surface area contributed by atoms with Crippen LogP contribution in [0.3, 0.4) is 0 Å². The summed E-state index contributed by atoms with van der Waals surface area (Å²) in [6.45, 7) is 2.27. The van der Waals surface area contributed by atoms with Gasteiger partial charge in [-0.15, -0.1) is 0 Å². The van der Waals surface area contributed by atoms with E-state index in [4.69, 9.17) is 4.52 Å². The quantitative estimate of drug-likeness (QED) is 0.705. The minimum absolute atomic E-state index is 0.474. The van der Waals surface area contributed by atoms with Crippen molar-refractivity contribution in [1.82, 2.24) is 15.1 Å². The summed E-state index contributed by atoms with van der Waals surface area (Å²) in [5.41, 5.74) is 0.946. The minimum atomic E-state index is 0.474. The highest BCUT2D eigenvalue weighted by molar-refractivity contribution is 5.51. The Balaban J connectivity index is 1.55. The molecule has 4 nitrogen and oxygen atoms in total. The Bertz CT molecular complexity index is 559. The molecule has 2 aromatic heterocycles. The molecule has 3 rings (SSSR count). The summed E-state index contributed by atoms with van der Waals surface area (Å²) < 4.78 is 5.42. The van der Waals surface area contributed by atoms with E-state index in [1.54, 1.807) is 12.4 Å². The van der Waals surface area contributed by atoms with Crippen LogP contribution in [0.4, 0.5) is 0 Å². The first-order chi connectivity index (χ1) is 10.9. The number of unbranched alkanes of at least 4 members (excludes halogenated alkanes) is 2. The van der Waals surface area contributed by atoms with Gasteiger partial charge in [-0.25, -0.2) is 0 Å². The van der Waals surface area contributed by atoms with Gasteiger partial charge in [0.05, 0.1) is 0 Å². The summed E-state index contributed by atoms with van der Waals surface area (Å²) in [5, 5.41) is 4.21. The van der Waals surface area contributed by atoms with Gasteiger partial charge in [-0.05, 0) is 43.7 Å². The smallest absolute Gasteiger partial charge is 0.258 e. The Kier molecular flexibility index (Phi) is 5.20. The summed E-state index contributed by atoms with van der Waals surface area (Å²) in [5.74, 6) is 2.89. The molecule has 1 fully saturated rings. The third-order valence-corrected chi connectivity index (χ3v) is 4.80. The average Bonchev–Trinajstić information content (AvgIpc) is 3.07. The highest BCUT2D eigenvalue weighted by Gasteiger charge is 2.25. The molecular formula is C18H25N3O. The first-order valence-corrected chi connectivity index (χ1v) is 8.60. The molecule has 118 valence electrons. The molecule has 0 radical (unpaired) electrons. The monoisotopic (exact) mass is 299 g/mol. The topological polar surface area (TPSA) is 51.8 Å². The van der Waals surface area contributed by atoms with Gasteiger partial charge in [-0.2, -0.15) is 4.98 Å². The van der Waals surface area contributed by atoms with E-state index in [1.807, 2.05) is 12.1 Å². The Hall–Kier alpha value is -1.71. The van der Waals surface area contributed by atoms with Crippen LogP contribution < -0.4 is 0 Å². The van der Waals surface area contributed by atoms with Crippen LogP contribution in [0.5, 0.6) is 0 Å². The van der Waals surface area contributed by atoms with Gasteiger partial charge in [0.25, 0.3) is 5.89 Å². The zero-order chi connectivity index (χ0) is 15.2. The second-order valence-electron chi connectivity index (χ2n) is 6.41. The van der Waals surface area contributed by atoms with Gasteiger partial charge in [-0.3, -0.25) is 4.98 Å². The minimum Gasteiger partial charge on any atom is -0.334 e. The molecule has 0 spiro atoms. The molecule has 2 aromatic rings. The average molecular weight is 299 g/mol. The van der Waals surface area contributed by atoms with Gasteiger partial charge in [-0.1, -0.05) is 37.8 Å². The summed E-state index contributed by atoms with van der Waals surface area (Å²) in [6, 6.07) is 3.81. The van der Waals surface area contributed by atoms with Gasteiger partial charge in [0.2, 0.25) is 0 Å². The zero-order valence-electron chi connectivity index (χ0n) is 13.4. The molecule has 0 aliphatic heterocycles. The Morgan fingerprint density at radius 1 is 1.09 bits per heavy atom. The molecule has 0 saturated heterocycles. The van der Waals surface area contributed by atoms with Crippen molar-refractivity contribution in [2.45, 2.75) is 64.2 Å². The van der Waals surface area contributed by atoms with Crippen molar-refractivity contribution in [2.24, 2.45) is 5.92 Å². The second kappa shape index (κ2) is 7.52. The van der Waals surface area contributed by atoms with Gasteiger partial charge in [0.1, 0.15) is 0 Å². The van der Waals surface area contributed by atoms with Crippen molar-refractivity contribution >= 4 is 0 Å². The van der Waals surface area contributed by atoms with Crippen molar-refractivity contribution in [3.8, 4) is 11.5 Å². The third kappa shape index (κ3) is 3.73. The van der Waals surface area contributed by atoms with Crippen LogP contribution in [0.25, 0.3) is 11.5 Å². The number of rotatable bonds is 6. The number of hydrogen-bond donors (Lipinski definition) is 0. The van der Waals surface area contributed by atoms with Crippen LogP contribution in [0.15, 0.2) is 29.0 Å². The van der Waals surface area contributed by atoms with E-state index in [0.29, 0.717) is 11.8 Å². The number of hydrogen-bond acceptors (Lipinski definition) is 4. The Morgan fingerprint density at radius 2 is 1.86 bits per heavy atom. The van der Waals surface area contributed by atoms with Gasteiger partial charge in [0.15, 0.2) is 5.82 Å². The van der Waals surface area contributed by atoms with E-state index in [1.165, 1.54) is 51.4 Å². The van der Waals surface area contributed by atoms with Crippen LogP contribution in [-0.4, -0.2) is 15.1 Å². The lowest BCUT2D eigenvalue weighted by molar-refractivity contribution is 0.292. The molecule has 4 heteroatoms. The summed E-state index contributed by atoms with van der Waals surface area (Å²) in [4.78, 5) is 8.62. The predicted molar refractivity (Wildman–Crippen MR) is 86.4 cm³/mol. The zero-order valence-corrected chi connectivity index (χ0v) is 13.4. The molecule has 0 amide bonds. The van der Waals surface area contributed by atoms with Gasteiger partial charge in [0, 0.05) is 23.9 Å². The molecule has 0 N–H and O–H groups in total. The van der Waals surface area contributed by atoms with Gasteiger partial charge < -0.3 is 4.52 Å². The van der Waals surface area contributed by atoms with Crippen molar-refractivity contribution in [3.63, 3.8) is 0 Å². The molecule has 2 heterocycles. The third-order valence-electron chi connectivity index (χ3n) is 4.80. The first-order valence-electron chi connectivity index (χ1n) is 8.60. The van der Waals surface area contributed by atoms with E-state index < -0.39 is 0 Å². The fourth-order valence-corrected chi connectivity index (χ4v) is 3.40. The number of aromatic nitrogens is 3. The summed E-state index contributed by atoms with van der Waals surface area (Å²) in [6.07, 6.45) is 14.0. The molecule has 0 aromatic carbocycles. The maximum absolute atomic E-state index is 5.42. The van der Waals surface area contributed by atoms with Crippen LogP contribution in [0, 0.1) is 5.92 Å². The fourth-order valence-electron chi connectivity index (χ4n) is 3.40. The van der Waals surface area contributed by atoms with Crippen molar-refractivity contribution in [3.05, 3.63) is 30.4 Å². The number of nitrogens with zero attached hydrogens (tertiary/aromatic N) is 3. The van der Waals surface area contributed by atoms with Crippen LogP contribution >= 0.6 is 0 Å². The first kappa shape index (κ1) is 15.2. The molecule has 22 heavy (non-hydrogen) atoms. The lowest BCUT2D eigenvalue weighted by Gasteiger charge is -2.26. The predicted octanol–water partition coefficient (Wildman–Crippen LogP) is 4.99. The Labute approximate surface area is 132 Å². The van der Waals surface area contributed by atoms with Crippen LogP contribution in [0.1, 0.15) is 70.0 Å². The van der Waals surface area contributed by atoms with Crippen LogP contribution in [-0.2, 0) is 0 Å². The molecule has 1 aliphatic rings. The van der Waals surface area contributed by atoms with Crippen molar-refractivity contribution in [2.75, 3.05) is 0 Å². The second-order valence-corrected chi connectivity index (χ2v) is 6.41. The van der Waals surface area contributed by atoms with Crippen molar-refractivity contribution < 1.29 is 4.52 Å². The van der Waals surface area contributed by atoms with Crippen molar-refractivity contribution in [1.29, 1.82) is 0 Å². The normalized spacial score (nSPS) is 21.9. The fraction of sp³-hybridized carbons (Fsp3) is 0.611.